The summed E-state index contributed by atoms with van der Waals surface area (Å²) in [4.78, 5) is 15.5. The lowest BCUT2D eigenvalue weighted by molar-refractivity contribution is -0.138. The lowest BCUT2D eigenvalue weighted by atomic mass is 9.96. The minimum absolute atomic E-state index is 0.0930. The summed E-state index contributed by atoms with van der Waals surface area (Å²) >= 11 is 0. The van der Waals surface area contributed by atoms with Crippen LogP contribution in [0.25, 0.3) is 0 Å². The summed E-state index contributed by atoms with van der Waals surface area (Å²) in [5, 5.41) is 0. The van der Waals surface area contributed by atoms with Crippen LogP contribution < -0.4 is 0 Å². The molecular formula is C24H29FN2O3S. The molecule has 0 unspecified atom stereocenters. The first-order valence-corrected chi connectivity index (χ1v) is 12.3. The summed E-state index contributed by atoms with van der Waals surface area (Å²) in [7, 11) is -3.56. The van der Waals surface area contributed by atoms with Gasteiger partial charge in [0.1, 0.15) is 5.82 Å². The van der Waals surface area contributed by atoms with Gasteiger partial charge in [0.15, 0.2) is 0 Å². The van der Waals surface area contributed by atoms with E-state index in [1.807, 2.05) is 30.9 Å². The average molecular weight is 445 g/mol. The number of rotatable bonds is 6. The van der Waals surface area contributed by atoms with Gasteiger partial charge in [-0.3, -0.25) is 4.79 Å². The van der Waals surface area contributed by atoms with Gasteiger partial charge in [0.25, 0.3) is 0 Å². The molecule has 2 aromatic carbocycles. The van der Waals surface area contributed by atoms with Crippen LogP contribution in [-0.4, -0.2) is 42.7 Å². The van der Waals surface area contributed by atoms with Crippen LogP contribution in [-0.2, 0) is 21.4 Å². The fraction of sp³-hybridized carbons (Fsp3) is 0.458. The predicted octanol–water partition coefficient (Wildman–Crippen LogP) is 4.03. The lowest BCUT2D eigenvalue weighted by Gasteiger charge is -2.34. The van der Waals surface area contributed by atoms with E-state index in [1.165, 1.54) is 16.4 Å². The van der Waals surface area contributed by atoms with Gasteiger partial charge < -0.3 is 4.90 Å². The van der Waals surface area contributed by atoms with Crippen LogP contribution in [0.15, 0.2) is 47.4 Å². The van der Waals surface area contributed by atoms with Crippen molar-refractivity contribution in [3.8, 4) is 0 Å². The quantitative estimate of drug-likeness (QED) is 0.676. The maximum Gasteiger partial charge on any atom is 0.243 e. The number of piperidine rings is 1. The van der Waals surface area contributed by atoms with Gasteiger partial charge in [-0.2, -0.15) is 4.31 Å². The summed E-state index contributed by atoms with van der Waals surface area (Å²) in [6, 6.07) is 11.9. The molecule has 31 heavy (non-hydrogen) atoms. The Morgan fingerprint density at radius 3 is 2.26 bits per heavy atom. The molecule has 166 valence electrons. The highest BCUT2D eigenvalue weighted by Gasteiger charge is 2.38. The number of carbonyl (C=O) groups is 1. The minimum Gasteiger partial charge on any atom is -0.335 e. The molecule has 1 amide bonds. The summed E-state index contributed by atoms with van der Waals surface area (Å²) in [6.07, 6.45) is 3.03. The average Bonchev–Trinajstić information content (AvgIpc) is 3.58. The molecule has 2 fully saturated rings. The predicted molar refractivity (Wildman–Crippen MR) is 117 cm³/mol. The SMILES string of the molecule is Cc1ccc(S(=O)(=O)N2CCC(C(=O)N(Cc3ccc(F)cc3)C3CC3)CC2)c(C)c1. The van der Waals surface area contributed by atoms with Crippen LogP contribution >= 0.6 is 0 Å². The Kier molecular flexibility index (Phi) is 6.17. The van der Waals surface area contributed by atoms with Gasteiger partial charge >= 0.3 is 0 Å². The zero-order chi connectivity index (χ0) is 22.2. The molecule has 4 rings (SSSR count). The molecule has 0 radical (unpaired) electrons. The Bertz CT molecular complexity index is 1060. The molecule has 5 nitrogen and oxygen atoms in total. The maximum absolute atomic E-state index is 13.3. The molecule has 1 aliphatic heterocycles. The molecule has 0 bridgehead atoms. The second kappa shape index (κ2) is 8.71. The fourth-order valence-electron chi connectivity index (χ4n) is 4.37. The van der Waals surface area contributed by atoms with Crippen molar-refractivity contribution in [1.82, 2.24) is 9.21 Å². The van der Waals surface area contributed by atoms with Crippen LogP contribution in [0.2, 0.25) is 0 Å². The van der Waals surface area contributed by atoms with E-state index in [1.54, 1.807) is 18.2 Å². The molecule has 1 heterocycles. The number of carbonyl (C=O) groups excluding carboxylic acids is 1. The van der Waals surface area contributed by atoms with Gasteiger partial charge in [-0.1, -0.05) is 29.8 Å². The van der Waals surface area contributed by atoms with Crippen molar-refractivity contribution in [3.63, 3.8) is 0 Å². The molecule has 7 heteroatoms. The smallest absolute Gasteiger partial charge is 0.243 e. The monoisotopic (exact) mass is 444 g/mol. The third kappa shape index (κ3) is 4.83. The van der Waals surface area contributed by atoms with Crippen LogP contribution in [0.3, 0.4) is 0 Å². The number of halogens is 1. The second-order valence-electron chi connectivity index (χ2n) is 8.77. The molecule has 0 spiro atoms. The molecule has 1 aliphatic carbocycles. The molecule has 2 aromatic rings. The fourth-order valence-corrected chi connectivity index (χ4v) is 6.04. The van der Waals surface area contributed by atoms with Crippen molar-refractivity contribution in [2.75, 3.05) is 13.1 Å². The number of sulfonamides is 1. The molecule has 0 atom stereocenters. The second-order valence-corrected chi connectivity index (χ2v) is 10.7. The van der Waals surface area contributed by atoms with Gasteiger partial charge in [-0.15, -0.1) is 0 Å². The van der Waals surface area contributed by atoms with E-state index < -0.39 is 10.0 Å². The van der Waals surface area contributed by atoms with Gasteiger partial charge in [0, 0.05) is 31.6 Å². The van der Waals surface area contributed by atoms with E-state index in [0.717, 1.165) is 29.5 Å². The first kappa shape index (κ1) is 22.0. The van der Waals surface area contributed by atoms with E-state index in [-0.39, 0.29) is 23.7 Å². The van der Waals surface area contributed by atoms with Crippen molar-refractivity contribution < 1.29 is 17.6 Å². The molecular weight excluding hydrogens is 415 g/mol. The van der Waals surface area contributed by atoms with Crippen LogP contribution in [0.1, 0.15) is 42.4 Å². The van der Waals surface area contributed by atoms with Crippen LogP contribution in [0.5, 0.6) is 0 Å². The van der Waals surface area contributed by atoms with Crippen molar-refractivity contribution >= 4 is 15.9 Å². The minimum atomic E-state index is -3.56. The Morgan fingerprint density at radius 2 is 1.68 bits per heavy atom. The number of aryl methyl sites for hydroxylation is 2. The van der Waals surface area contributed by atoms with Crippen molar-refractivity contribution in [2.24, 2.45) is 5.92 Å². The summed E-state index contributed by atoms with van der Waals surface area (Å²) in [5.41, 5.74) is 2.69. The number of hydrogen-bond acceptors (Lipinski definition) is 3. The zero-order valence-electron chi connectivity index (χ0n) is 18.1. The Hall–Kier alpha value is -2.25. The Labute approximate surface area is 183 Å². The van der Waals surface area contributed by atoms with Gasteiger partial charge in [0.2, 0.25) is 15.9 Å². The van der Waals surface area contributed by atoms with Crippen molar-refractivity contribution in [1.29, 1.82) is 0 Å². The lowest BCUT2D eigenvalue weighted by Crippen LogP contribution is -2.45. The third-order valence-electron chi connectivity index (χ3n) is 6.29. The van der Waals surface area contributed by atoms with E-state index in [2.05, 4.69) is 0 Å². The first-order chi connectivity index (χ1) is 14.8. The highest BCUT2D eigenvalue weighted by atomic mass is 32.2. The Balaban J connectivity index is 1.42. The molecule has 0 aromatic heterocycles. The van der Waals surface area contributed by atoms with E-state index in [9.17, 15) is 17.6 Å². The Morgan fingerprint density at radius 1 is 1.03 bits per heavy atom. The van der Waals surface area contributed by atoms with Crippen molar-refractivity contribution in [2.45, 2.75) is 57.0 Å². The summed E-state index contributed by atoms with van der Waals surface area (Å²) in [5.74, 6) is -0.368. The van der Waals surface area contributed by atoms with Crippen LogP contribution in [0.4, 0.5) is 4.39 Å². The molecule has 0 N–H and O–H groups in total. The maximum atomic E-state index is 13.3. The number of benzene rings is 2. The molecule has 1 saturated carbocycles. The highest BCUT2D eigenvalue weighted by molar-refractivity contribution is 7.89. The summed E-state index contributed by atoms with van der Waals surface area (Å²) in [6.45, 7) is 4.93. The van der Waals surface area contributed by atoms with E-state index >= 15 is 0 Å². The topological polar surface area (TPSA) is 57.7 Å². The first-order valence-electron chi connectivity index (χ1n) is 10.9. The van der Waals surface area contributed by atoms with Gasteiger partial charge in [-0.05, 0) is 68.9 Å². The number of amides is 1. The van der Waals surface area contributed by atoms with E-state index in [0.29, 0.717) is 37.4 Å². The highest BCUT2D eigenvalue weighted by Crippen LogP contribution is 2.33. The largest absolute Gasteiger partial charge is 0.335 e. The van der Waals surface area contributed by atoms with E-state index in [4.69, 9.17) is 0 Å². The number of nitrogens with zero attached hydrogens (tertiary/aromatic N) is 2. The third-order valence-corrected chi connectivity index (χ3v) is 8.35. The molecule has 2 aliphatic rings. The van der Waals surface area contributed by atoms with Gasteiger partial charge in [0.05, 0.1) is 4.90 Å². The number of hydrogen-bond donors (Lipinski definition) is 0. The standard InChI is InChI=1S/C24H29FN2O3S/c1-17-3-10-23(18(2)15-17)31(29,30)26-13-11-20(12-14-26)24(28)27(22-8-9-22)16-19-4-6-21(25)7-5-19/h3-7,10,15,20,22H,8-9,11-14,16H2,1-2H3. The molecule has 1 saturated heterocycles. The van der Waals surface area contributed by atoms with Crippen molar-refractivity contribution in [3.05, 3.63) is 65.0 Å². The van der Waals surface area contributed by atoms with Gasteiger partial charge in [-0.25, -0.2) is 12.8 Å². The zero-order valence-corrected chi connectivity index (χ0v) is 18.9. The van der Waals surface area contributed by atoms with Crippen LogP contribution in [0, 0.1) is 25.6 Å². The summed E-state index contributed by atoms with van der Waals surface area (Å²) < 4.78 is 41.0. The normalized spacial score (nSPS) is 18.2.